The molecule has 3 rings (SSSR count). The maximum atomic E-state index is 3.82. The molecule has 2 aromatic rings. The smallest absolute Gasteiger partial charge is 0.0522 e. The minimum absolute atomic E-state index is 0.497. The van der Waals surface area contributed by atoms with Gasteiger partial charge in [0, 0.05) is 28.6 Å². The van der Waals surface area contributed by atoms with Crippen molar-refractivity contribution in [1.82, 2.24) is 9.88 Å². The van der Waals surface area contributed by atoms with E-state index in [1.54, 1.807) is 0 Å². The lowest BCUT2D eigenvalue weighted by molar-refractivity contribution is 0.601. The maximum absolute atomic E-state index is 3.82. The molecule has 0 spiro atoms. The van der Waals surface area contributed by atoms with Gasteiger partial charge in [0.25, 0.3) is 0 Å². The normalized spacial score (nSPS) is 19.9. The molecule has 96 valence electrons. The van der Waals surface area contributed by atoms with E-state index in [1.165, 1.54) is 45.0 Å². The SMILES string of the molecule is Cc1cc(C)c2c(c1)c(Br)c(C1CCCN1)n2C. The summed E-state index contributed by atoms with van der Waals surface area (Å²) in [5.41, 5.74) is 5.45. The van der Waals surface area contributed by atoms with Gasteiger partial charge >= 0.3 is 0 Å². The van der Waals surface area contributed by atoms with Gasteiger partial charge in [-0.25, -0.2) is 0 Å². The van der Waals surface area contributed by atoms with E-state index in [0.717, 1.165) is 6.54 Å². The number of nitrogens with one attached hydrogen (secondary N) is 1. The second-order valence-electron chi connectivity index (χ2n) is 5.39. The topological polar surface area (TPSA) is 17.0 Å². The van der Waals surface area contributed by atoms with E-state index in [4.69, 9.17) is 0 Å². The number of hydrogen-bond donors (Lipinski definition) is 1. The van der Waals surface area contributed by atoms with Crippen molar-refractivity contribution >= 4 is 26.8 Å². The van der Waals surface area contributed by atoms with Crippen LogP contribution in [0, 0.1) is 13.8 Å². The predicted molar refractivity (Wildman–Crippen MR) is 80.1 cm³/mol. The number of nitrogens with zero attached hydrogens (tertiary/aromatic N) is 1. The van der Waals surface area contributed by atoms with Crippen LogP contribution in [0.15, 0.2) is 16.6 Å². The zero-order chi connectivity index (χ0) is 12.9. The van der Waals surface area contributed by atoms with Crippen LogP contribution in [0.1, 0.15) is 35.7 Å². The van der Waals surface area contributed by atoms with Crippen LogP contribution < -0.4 is 5.32 Å². The average Bonchev–Trinajstić information content (AvgIpc) is 2.87. The molecule has 1 aliphatic heterocycles. The molecule has 1 atom stereocenters. The van der Waals surface area contributed by atoms with Crippen molar-refractivity contribution in [3.05, 3.63) is 33.4 Å². The van der Waals surface area contributed by atoms with Gasteiger partial charge in [-0.05, 0) is 60.8 Å². The van der Waals surface area contributed by atoms with Crippen molar-refractivity contribution in [2.75, 3.05) is 6.54 Å². The molecule has 1 aromatic carbocycles. The van der Waals surface area contributed by atoms with Crippen LogP contribution >= 0.6 is 15.9 Å². The standard InChI is InChI=1S/C15H19BrN2/c1-9-7-10(2)14-11(8-9)13(16)15(18(14)3)12-5-4-6-17-12/h7-8,12,17H,4-6H2,1-3H3. The second-order valence-corrected chi connectivity index (χ2v) is 6.18. The monoisotopic (exact) mass is 306 g/mol. The summed E-state index contributed by atoms with van der Waals surface area (Å²) in [5.74, 6) is 0. The molecule has 1 aliphatic rings. The van der Waals surface area contributed by atoms with E-state index in [2.05, 4.69) is 58.8 Å². The van der Waals surface area contributed by atoms with Gasteiger partial charge in [0.05, 0.1) is 5.52 Å². The van der Waals surface area contributed by atoms with Crippen molar-refractivity contribution < 1.29 is 0 Å². The Labute approximate surface area is 116 Å². The van der Waals surface area contributed by atoms with Crippen LogP contribution in [-0.4, -0.2) is 11.1 Å². The summed E-state index contributed by atoms with van der Waals surface area (Å²) in [7, 11) is 2.19. The first kappa shape index (κ1) is 12.2. The number of fused-ring (bicyclic) bond motifs is 1. The summed E-state index contributed by atoms with van der Waals surface area (Å²) in [4.78, 5) is 0. The molecule has 0 aliphatic carbocycles. The van der Waals surface area contributed by atoms with E-state index in [1.807, 2.05) is 0 Å². The van der Waals surface area contributed by atoms with Gasteiger partial charge in [0.15, 0.2) is 0 Å². The van der Waals surface area contributed by atoms with Gasteiger partial charge in [-0.3, -0.25) is 0 Å². The minimum atomic E-state index is 0.497. The summed E-state index contributed by atoms with van der Waals surface area (Å²) in [6.45, 7) is 5.50. The van der Waals surface area contributed by atoms with Crippen molar-refractivity contribution in [3.63, 3.8) is 0 Å². The number of rotatable bonds is 1. The Morgan fingerprint density at radius 3 is 2.78 bits per heavy atom. The molecule has 0 saturated carbocycles. The third kappa shape index (κ3) is 1.72. The molecule has 3 heteroatoms. The third-order valence-corrected chi connectivity index (χ3v) is 4.83. The highest BCUT2D eigenvalue weighted by molar-refractivity contribution is 9.10. The van der Waals surface area contributed by atoms with Crippen molar-refractivity contribution in [2.24, 2.45) is 7.05 Å². The largest absolute Gasteiger partial charge is 0.345 e. The Kier molecular flexibility index (Phi) is 2.99. The molecule has 1 aromatic heterocycles. The molecule has 0 radical (unpaired) electrons. The van der Waals surface area contributed by atoms with Gasteiger partial charge in [-0.2, -0.15) is 0 Å². The third-order valence-electron chi connectivity index (χ3n) is 3.99. The summed E-state index contributed by atoms with van der Waals surface area (Å²) in [6, 6.07) is 5.04. The molecule has 18 heavy (non-hydrogen) atoms. The van der Waals surface area contributed by atoms with Crippen LogP contribution in [0.5, 0.6) is 0 Å². The number of aromatic nitrogens is 1. The Hall–Kier alpha value is -0.800. The zero-order valence-electron chi connectivity index (χ0n) is 11.2. The fourth-order valence-corrected chi connectivity index (χ4v) is 4.13. The molecule has 1 fully saturated rings. The highest BCUT2D eigenvalue weighted by atomic mass is 79.9. The number of aryl methyl sites for hydroxylation is 3. The highest BCUT2D eigenvalue weighted by Gasteiger charge is 2.24. The van der Waals surface area contributed by atoms with Crippen molar-refractivity contribution in [3.8, 4) is 0 Å². The van der Waals surface area contributed by atoms with Crippen LogP contribution in [0.3, 0.4) is 0 Å². The quantitative estimate of drug-likeness (QED) is 0.843. The van der Waals surface area contributed by atoms with Gasteiger partial charge in [0.2, 0.25) is 0 Å². The second kappa shape index (κ2) is 4.39. The van der Waals surface area contributed by atoms with Crippen LogP contribution in [0.4, 0.5) is 0 Å². The van der Waals surface area contributed by atoms with E-state index in [0.29, 0.717) is 6.04 Å². The first-order valence-electron chi connectivity index (χ1n) is 6.58. The fourth-order valence-electron chi connectivity index (χ4n) is 3.28. The molecule has 0 bridgehead atoms. The molecular formula is C15H19BrN2. The summed E-state index contributed by atoms with van der Waals surface area (Å²) >= 11 is 3.82. The number of benzene rings is 1. The molecule has 2 nitrogen and oxygen atoms in total. The first-order valence-corrected chi connectivity index (χ1v) is 7.37. The van der Waals surface area contributed by atoms with Crippen LogP contribution in [0.25, 0.3) is 10.9 Å². The van der Waals surface area contributed by atoms with E-state index in [-0.39, 0.29) is 0 Å². The number of halogens is 1. The maximum Gasteiger partial charge on any atom is 0.0522 e. The van der Waals surface area contributed by atoms with Crippen LogP contribution in [-0.2, 0) is 7.05 Å². The van der Waals surface area contributed by atoms with Gasteiger partial charge in [-0.1, -0.05) is 11.6 Å². The number of hydrogen-bond acceptors (Lipinski definition) is 1. The predicted octanol–water partition coefficient (Wildman–Crippen LogP) is 3.98. The molecular weight excluding hydrogens is 288 g/mol. The molecule has 1 unspecified atom stereocenters. The summed E-state index contributed by atoms with van der Waals surface area (Å²) < 4.78 is 3.63. The highest BCUT2D eigenvalue weighted by Crippen LogP contribution is 2.38. The molecule has 1 saturated heterocycles. The van der Waals surface area contributed by atoms with E-state index in [9.17, 15) is 0 Å². The first-order chi connectivity index (χ1) is 8.59. The Morgan fingerprint density at radius 2 is 2.11 bits per heavy atom. The summed E-state index contributed by atoms with van der Waals surface area (Å²) in [6.07, 6.45) is 2.51. The Bertz CT molecular complexity index is 607. The Balaban J connectivity index is 2.30. The summed E-state index contributed by atoms with van der Waals surface area (Å²) in [5, 5.41) is 4.94. The molecule has 0 amide bonds. The van der Waals surface area contributed by atoms with Crippen molar-refractivity contribution in [2.45, 2.75) is 32.7 Å². The molecule has 2 heterocycles. The minimum Gasteiger partial charge on any atom is -0.345 e. The fraction of sp³-hybridized carbons (Fsp3) is 0.467. The lowest BCUT2D eigenvalue weighted by Gasteiger charge is -2.13. The molecule has 1 N–H and O–H groups in total. The van der Waals surface area contributed by atoms with Crippen LogP contribution in [0.2, 0.25) is 0 Å². The lowest BCUT2D eigenvalue weighted by Crippen LogP contribution is -2.16. The van der Waals surface area contributed by atoms with Gasteiger partial charge < -0.3 is 9.88 Å². The van der Waals surface area contributed by atoms with Gasteiger partial charge in [0.1, 0.15) is 0 Å². The van der Waals surface area contributed by atoms with Crippen molar-refractivity contribution in [1.29, 1.82) is 0 Å². The lowest BCUT2D eigenvalue weighted by atomic mass is 10.1. The van der Waals surface area contributed by atoms with E-state index < -0.39 is 0 Å². The Morgan fingerprint density at radius 1 is 1.33 bits per heavy atom. The van der Waals surface area contributed by atoms with E-state index >= 15 is 0 Å². The van der Waals surface area contributed by atoms with Gasteiger partial charge in [-0.15, -0.1) is 0 Å². The zero-order valence-corrected chi connectivity index (χ0v) is 12.8. The average molecular weight is 307 g/mol.